The van der Waals surface area contributed by atoms with Crippen LogP contribution in [0.5, 0.6) is 0 Å². The highest BCUT2D eigenvalue weighted by molar-refractivity contribution is 7.90. The van der Waals surface area contributed by atoms with Gasteiger partial charge in [-0.2, -0.15) is 4.98 Å². The van der Waals surface area contributed by atoms with Crippen molar-refractivity contribution in [3.63, 3.8) is 0 Å². The van der Waals surface area contributed by atoms with Gasteiger partial charge >= 0.3 is 0 Å². The van der Waals surface area contributed by atoms with Gasteiger partial charge in [0.05, 0.1) is 4.90 Å². The van der Waals surface area contributed by atoms with Crippen molar-refractivity contribution in [1.29, 1.82) is 0 Å². The van der Waals surface area contributed by atoms with Crippen LogP contribution in [0.25, 0.3) is 23.0 Å². The lowest BCUT2D eigenvalue weighted by atomic mass is 10.1. The fourth-order valence-electron chi connectivity index (χ4n) is 3.08. The molecule has 2 aromatic carbocycles. The summed E-state index contributed by atoms with van der Waals surface area (Å²) in [4.78, 5) is 4.65. The molecule has 0 atom stereocenters. The molecule has 0 fully saturated rings. The fraction of sp³-hybridized carbons (Fsp3) is 0.217. The average Bonchev–Trinajstić information content (AvgIpc) is 3.39. The first-order valence-corrected chi connectivity index (χ1v) is 11.3. The summed E-state index contributed by atoms with van der Waals surface area (Å²) in [5.41, 5.74) is 4.04. The topological polar surface area (TPSA) is 86.2 Å². The van der Waals surface area contributed by atoms with E-state index in [1.54, 1.807) is 24.3 Å². The van der Waals surface area contributed by atoms with Gasteiger partial charge in [-0.3, -0.25) is 0 Å². The molecule has 0 amide bonds. The number of sulfone groups is 1. The first kappa shape index (κ1) is 20.1. The molecule has 0 saturated heterocycles. The van der Waals surface area contributed by atoms with E-state index in [-0.39, 0.29) is 16.5 Å². The van der Waals surface area contributed by atoms with E-state index in [2.05, 4.69) is 17.1 Å². The van der Waals surface area contributed by atoms with Gasteiger partial charge in [0, 0.05) is 5.56 Å². The number of furan rings is 1. The van der Waals surface area contributed by atoms with Gasteiger partial charge in [-0.25, -0.2) is 8.42 Å². The van der Waals surface area contributed by atoms with Crippen molar-refractivity contribution >= 4 is 9.84 Å². The van der Waals surface area contributed by atoms with Crippen molar-refractivity contribution < 1.29 is 17.4 Å². The molecule has 2 heterocycles. The molecular formula is C23H22N2O4S. The average molecular weight is 423 g/mol. The molecule has 0 aliphatic rings. The van der Waals surface area contributed by atoms with E-state index >= 15 is 0 Å². The van der Waals surface area contributed by atoms with Crippen LogP contribution in [0.3, 0.4) is 0 Å². The Labute approximate surface area is 175 Å². The molecule has 0 aliphatic heterocycles. The first-order chi connectivity index (χ1) is 14.4. The molecule has 6 nitrogen and oxygen atoms in total. The van der Waals surface area contributed by atoms with Crippen LogP contribution in [0.2, 0.25) is 0 Å². The van der Waals surface area contributed by atoms with Crippen molar-refractivity contribution in [1.82, 2.24) is 10.1 Å². The summed E-state index contributed by atoms with van der Waals surface area (Å²) < 4.78 is 36.5. The lowest BCUT2D eigenvalue weighted by molar-refractivity contribution is 0.413. The van der Waals surface area contributed by atoms with Crippen LogP contribution in [0.1, 0.15) is 29.4 Å². The number of benzene rings is 2. The van der Waals surface area contributed by atoms with Crippen LogP contribution >= 0.6 is 0 Å². The Hall–Kier alpha value is -3.19. The van der Waals surface area contributed by atoms with Gasteiger partial charge < -0.3 is 8.94 Å². The van der Waals surface area contributed by atoms with Gasteiger partial charge in [0.15, 0.2) is 15.6 Å². The van der Waals surface area contributed by atoms with Crippen LogP contribution in [-0.2, 0) is 22.0 Å². The number of aryl methyl sites for hydroxylation is 3. The molecule has 30 heavy (non-hydrogen) atoms. The third-order valence-corrected chi connectivity index (χ3v) is 6.73. The Morgan fingerprint density at radius 2 is 1.70 bits per heavy atom. The molecule has 0 bridgehead atoms. The number of aromatic nitrogens is 2. The number of hydrogen-bond acceptors (Lipinski definition) is 6. The zero-order chi connectivity index (χ0) is 21.3. The third-order valence-electron chi connectivity index (χ3n) is 5.09. The molecule has 2 aromatic heterocycles. The zero-order valence-electron chi connectivity index (χ0n) is 17.0. The molecule has 0 radical (unpaired) electrons. The highest BCUT2D eigenvalue weighted by Gasteiger charge is 2.20. The van der Waals surface area contributed by atoms with Crippen molar-refractivity contribution in [3.05, 3.63) is 77.0 Å². The zero-order valence-corrected chi connectivity index (χ0v) is 17.9. The molecule has 154 valence electrons. The molecule has 7 heteroatoms. The Balaban J connectivity index is 1.54. The summed E-state index contributed by atoms with van der Waals surface area (Å²) in [5.74, 6) is 1.07. The van der Waals surface area contributed by atoms with E-state index in [1.807, 2.05) is 44.2 Å². The maximum absolute atomic E-state index is 12.7. The minimum atomic E-state index is -3.53. The predicted molar refractivity (Wildman–Crippen MR) is 114 cm³/mol. The number of rotatable bonds is 6. The molecular weight excluding hydrogens is 400 g/mol. The molecule has 0 unspecified atom stereocenters. The van der Waals surface area contributed by atoms with Crippen LogP contribution in [0, 0.1) is 13.8 Å². The van der Waals surface area contributed by atoms with Crippen LogP contribution < -0.4 is 0 Å². The fourth-order valence-corrected chi connectivity index (χ4v) is 4.41. The molecule has 4 rings (SSSR count). The number of hydrogen-bond donors (Lipinski definition) is 0. The lowest BCUT2D eigenvalue weighted by Crippen LogP contribution is -2.05. The van der Waals surface area contributed by atoms with Crippen molar-refractivity contribution in [2.75, 3.05) is 0 Å². The quantitative estimate of drug-likeness (QED) is 0.427. The SMILES string of the molecule is CCc1ccc(-c2noc(-c3ccc(CS(=O)(=O)c4ccc(C)c(C)c4)o3)n2)cc1. The monoisotopic (exact) mass is 422 g/mol. The Bertz CT molecular complexity index is 1290. The van der Waals surface area contributed by atoms with Crippen LogP contribution in [0.4, 0.5) is 0 Å². The highest BCUT2D eigenvalue weighted by atomic mass is 32.2. The van der Waals surface area contributed by atoms with Gasteiger partial charge in [0.25, 0.3) is 5.89 Å². The largest absolute Gasteiger partial charge is 0.455 e. The second kappa shape index (κ2) is 7.91. The van der Waals surface area contributed by atoms with Crippen LogP contribution in [0.15, 0.2) is 68.4 Å². The molecule has 0 saturated carbocycles. The Morgan fingerprint density at radius 1 is 0.933 bits per heavy atom. The van der Waals surface area contributed by atoms with Gasteiger partial charge in [-0.15, -0.1) is 0 Å². The minimum absolute atomic E-state index is 0.208. The van der Waals surface area contributed by atoms with Gasteiger partial charge in [0.1, 0.15) is 11.5 Å². The first-order valence-electron chi connectivity index (χ1n) is 9.68. The Kier molecular flexibility index (Phi) is 5.30. The smallest absolute Gasteiger partial charge is 0.293 e. The van der Waals surface area contributed by atoms with E-state index < -0.39 is 9.84 Å². The second-order valence-electron chi connectivity index (χ2n) is 7.24. The van der Waals surface area contributed by atoms with Gasteiger partial charge in [-0.1, -0.05) is 42.4 Å². The summed E-state index contributed by atoms with van der Waals surface area (Å²) in [5, 5.41) is 4.00. The van der Waals surface area contributed by atoms with Gasteiger partial charge in [0.2, 0.25) is 5.82 Å². The Morgan fingerprint density at radius 3 is 2.40 bits per heavy atom. The summed E-state index contributed by atoms with van der Waals surface area (Å²) in [7, 11) is -3.53. The summed E-state index contributed by atoms with van der Waals surface area (Å²) in [6.07, 6.45) is 0.956. The second-order valence-corrected chi connectivity index (χ2v) is 9.23. The van der Waals surface area contributed by atoms with E-state index in [0.29, 0.717) is 17.3 Å². The summed E-state index contributed by atoms with van der Waals surface area (Å²) >= 11 is 0. The molecule has 4 aromatic rings. The predicted octanol–water partition coefficient (Wildman–Crippen LogP) is 5.15. The standard InChI is InChI=1S/C23H22N2O4S/c1-4-17-6-8-18(9-7-17)22-24-23(29-25-22)21-12-10-19(28-21)14-30(26,27)20-11-5-15(2)16(3)13-20/h5-13H,4,14H2,1-3H3. The maximum Gasteiger partial charge on any atom is 0.293 e. The summed E-state index contributed by atoms with van der Waals surface area (Å²) in [6.45, 7) is 5.93. The third kappa shape index (κ3) is 4.07. The van der Waals surface area contributed by atoms with Crippen LogP contribution in [-0.4, -0.2) is 18.6 Å². The van der Waals surface area contributed by atoms with E-state index in [1.165, 1.54) is 5.56 Å². The van der Waals surface area contributed by atoms with Crippen molar-refractivity contribution in [2.24, 2.45) is 0 Å². The van der Waals surface area contributed by atoms with E-state index in [0.717, 1.165) is 23.1 Å². The normalized spacial score (nSPS) is 11.7. The molecule has 0 N–H and O–H groups in total. The maximum atomic E-state index is 12.7. The van der Waals surface area contributed by atoms with Crippen molar-refractivity contribution in [3.8, 4) is 23.0 Å². The molecule has 0 spiro atoms. The van der Waals surface area contributed by atoms with E-state index in [4.69, 9.17) is 8.94 Å². The lowest BCUT2D eigenvalue weighted by Gasteiger charge is -2.05. The summed E-state index contributed by atoms with van der Waals surface area (Å²) in [6, 6.07) is 16.3. The number of nitrogens with zero attached hydrogens (tertiary/aromatic N) is 2. The van der Waals surface area contributed by atoms with Crippen molar-refractivity contribution in [2.45, 2.75) is 37.8 Å². The minimum Gasteiger partial charge on any atom is -0.455 e. The van der Waals surface area contributed by atoms with Gasteiger partial charge in [-0.05, 0) is 61.2 Å². The van der Waals surface area contributed by atoms with E-state index in [9.17, 15) is 8.42 Å². The molecule has 0 aliphatic carbocycles. The highest BCUT2D eigenvalue weighted by Crippen LogP contribution is 2.26.